The van der Waals surface area contributed by atoms with E-state index >= 15 is 0 Å². The van der Waals surface area contributed by atoms with Gasteiger partial charge in [0.25, 0.3) is 0 Å². The van der Waals surface area contributed by atoms with Crippen LogP contribution in [0.1, 0.15) is 5.56 Å². The molecule has 186 valence electrons. The van der Waals surface area contributed by atoms with E-state index < -0.39 is 0 Å². The SMILES string of the molecule is COc1ccc(N2CCN(C)CC2)cc1N(C)c1ccc(Oc2nc(O)c3ccncc3n2)cc1C. The van der Waals surface area contributed by atoms with E-state index in [0.29, 0.717) is 16.7 Å². The Balaban J connectivity index is 1.40. The van der Waals surface area contributed by atoms with Crippen LogP contribution >= 0.6 is 0 Å². The summed E-state index contributed by atoms with van der Waals surface area (Å²) in [6.45, 7) is 6.12. The Bertz CT molecular complexity index is 1390. The first-order chi connectivity index (χ1) is 17.4. The first-order valence-corrected chi connectivity index (χ1v) is 11.9. The number of likely N-dealkylation sites (N-methyl/N-ethyl adjacent to an activating group) is 1. The summed E-state index contributed by atoms with van der Waals surface area (Å²) in [5.74, 6) is 1.24. The number of aromatic nitrogens is 3. The Kier molecular flexibility index (Phi) is 6.47. The summed E-state index contributed by atoms with van der Waals surface area (Å²) in [5, 5.41) is 10.7. The lowest BCUT2D eigenvalue weighted by atomic mass is 10.1. The Morgan fingerprint density at radius 2 is 1.78 bits per heavy atom. The molecule has 0 saturated carbocycles. The quantitative estimate of drug-likeness (QED) is 0.427. The Morgan fingerprint density at radius 1 is 0.972 bits per heavy atom. The van der Waals surface area contributed by atoms with Crippen molar-refractivity contribution in [3.8, 4) is 23.4 Å². The highest BCUT2D eigenvalue weighted by Gasteiger charge is 2.19. The van der Waals surface area contributed by atoms with Crippen molar-refractivity contribution in [3.63, 3.8) is 0 Å². The third-order valence-corrected chi connectivity index (χ3v) is 6.59. The summed E-state index contributed by atoms with van der Waals surface area (Å²) in [7, 11) is 5.89. The zero-order valence-electron chi connectivity index (χ0n) is 21.0. The van der Waals surface area contributed by atoms with Crippen LogP contribution in [0.25, 0.3) is 10.9 Å². The number of methoxy groups -OCH3 is 1. The van der Waals surface area contributed by atoms with Crippen LogP contribution in [-0.2, 0) is 0 Å². The summed E-state index contributed by atoms with van der Waals surface area (Å²) in [6.07, 6.45) is 3.15. The summed E-state index contributed by atoms with van der Waals surface area (Å²) in [6, 6.07) is 13.9. The molecule has 4 aromatic rings. The third kappa shape index (κ3) is 4.70. The molecule has 0 radical (unpaired) electrons. The minimum atomic E-state index is -0.141. The molecular formula is C27H30N6O3. The molecule has 2 aromatic heterocycles. The second-order valence-electron chi connectivity index (χ2n) is 8.98. The van der Waals surface area contributed by atoms with Crippen molar-refractivity contribution in [2.45, 2.75) is 6.92 Å². The number of pyridine rings is 1. The number of aryl methyl sites for hydroxylation is 1. The Morgan fingerprint density at radius 3 is 2.53 bits per heavy atom. The first kappa shape index (κ1) is 23.6. The minimum Gasteiger partial charge on any atom is -0.495 e. The molecule has 0 spiro atoms. The molecule has 2 aromatic carbocycles. The molecule has 1 N–H and O–H groups in total. The average molecular weight is 487 g/mol. The zero-order chi connectivity index (χ0) is 25.2. The van der Waals surface area contributed by atoms with E-state index in [1.54, 1.807) is 25.6 Å². The highest BCUT2D eigenvalue weighted by Crippen LogP contribution is 2.38. The number of fused-ring (bicyclic) bond motifs is 1. The number of nitrogens with zero attached hydrogens (tertiary/aromatic N) is 6. The van der Waals surface area contributed by atoms with Gasteiger partial charge in [0.1, 0.15) is 11.5 Å². The fourth-order valence-electron chi connectivity index (χ4n) is 4.49. The molecule has 3 heterocycles. The lowest BCUT2D eigenvalue weighted by Crippen LogP contribution is -2.44. The second kappa shape index (κ2) is 9.87. The van der Waals surface area contributed by atoms with Crippen LogP contribution in [0.3, 0.4) is 0 Å². The third-order valence-electron chi connectivity index (χ3n) is 6.59. The summed E-state index contributed by atoms with van der Waals surface area (Å²) < 4.78 is 11.6. The number of hydrogen-bond acceptors (Lipinski definition) is 9. The van der Waals surface area contributed by atoms with E-state index in [0.717, 1.165) is 48.9 Å². The fraction of sp³-hybridized carbons (Fsp3) is 0.296. The van der Waals surface area contributed by atoms with E-state index in [2.05, 4.69) is 48.8 Å². The van der Waals surface area contributed by atoms with Crippen molar-refractivity contribution in [1.82, 2.24) is 19.9 Å². The molecule has 0 aliphatic carbocycles. The van der Waals surface area contributed by atoms with E-state index in [4.69, 9.17) is 9.47 Å². The van der Waals surface area contributed by atoms with Crippen LogP contribution in [0.15, 0.2) is 54.9 Å². The van der Waals surface area contributed by atoms with Gasteiger partial charge in [-0.05, 0) is 62.0 Å². The summed E-state index contributed by atoms with van der Waals surface area (Å²) in [5.41, 5.74) is 4.71. The van der Waals surface area contributed by atoms with Crippen molar-refractivity contribution in [2.75, 3.05) is 57.2 Å². The van der Waals surface area contributed by atoms with Gasteiger partial charge < -0.3 is 29.3 Å². The maximum absolute atomic E-state index is 10.2. The van der Waals surface area contributed by atoms with Crippen molar-refractivity contribution in [1.29, 1.82) is 0 Å². The number of piperazine rings is 1. The molecule has 0 amide bonds. The molecule has 9 nitrogen and oxygen atoms in total. The number of aromatic hydroxyl groups is 1. The lowest BCUT2D eigenvalue weighted by molar-refractivity contribution is 0.313. The van der Waals surface area contributed by atoms with Gasteiger partial charge in [0, 0.05) is 50.8 Å². The molecule has 1 fully saturated rings. The predicted molar refractivity (Wildman–Crippen MR) is 141 cm³/mol. The van der Waals surface area contributed by atoms with Gasteiger partial charge in [0.05, 0.1) is 29.9 Å². The topological polar surface area (TPSA) is 87.1 Å². The van der Waals surface area contributed by atoms with Gasteiger partial charge in [-0.25, -0.2) is 0 Å². The molecule has 1 aliphatic heterocycles. The van der Waals surface area contributed by atoms with Gasteiger partial charge in [0.15, 0.2) is 0 Å². The number of anilines is 3. The normalized spacial score (nSPS) is 14.2. The second-order valence-corrected chi connectivity index (χ2v) is 8.98. The monoisotopic (exact) mass is 486 g/mol. The standard InChI is InChI=1S/C27H30N6O3/c1-18-15-20(36-27-29-22-17-28-10-9-21(22)26(34)30-27)6-7-23(18)32(3)24-16-19(5-8-25(24)35-4)33-13-11-31(2)12-14-33/h5-10,15-17H,11-14H2,1-4H3,(H,29,30,34). The van der Waals surface area contributed by atoms with Crippen LogP contribution in [0, 0.1) is 6.92 Å². The van der Waals surface area contributed by atoms with E-state index in [1.165, 1.54) is 5.69 Å². The van der Waals surface area contributed by atoms with Gasteiger partial charge in [-0.3, -0.25) is 4.98 Å². The number of ether oxygens (including phenoxy) is 2. The number of benzene rings is 2. The Labute approximate surface area is 210 Å². The van der Waals surface area contributed by atoms with Crippen LogP contribution in [0.2, 0.25) is 0 Å². The fourth-order valence-corrected chi connectivity index (χ4v) is 4.49. The smallest absolute Gasteiger partial charge is 0.325 e. The van der Waals surface area contributed by atoms with Gasteiger partial charge >= 0.3 is 6.01 Å². The summed E-state index contributed by atoms with van der Waals surface area (Å²) >= 11 is 0. The van der Waals surface area contributed by atoms with Gasteiger partial charge in [-0.15, -0.1) is 0 Å². The van der Waals surface area contributed by atoms with E-state index in [9.17, 15) is 5.11 Å². The van der Waals surface area contributed by atoms with Gasteiger partial charge in [-0.2, -0.15) is 9.97 Å². The van der Waals surface area contributed by atoms with Crippen molar-refractivity contribution in [3.05, 3.63) is 60.4 Å². The molecule has 0 bridgehead atoms. The van der Waals surface area contributed by atoms with Gasteiger partial charge in [0.2, 0.25) is 5.88 Å². The molecule has 36 heavy (non-hydrogen) atoms. The van der Waals surface area contributed by atoms with Crippen LogP contribution in [0.4, 0.5) is 17.1 Å². The van der Waals surface area contributed by atoms with E-state index in [1.807, 2.05) is 38.2 Å². The molecule has 9 heteroatoms. The highest BCUT2D eigenvalue weighted by molar-refractivity contribution is 5.82. The largest absolute Gasteiger partial charge is 0.495 e. The maximum atomic E-state index is 10.2. The van der Waals surface area contributed by atoms with Crippen molar-refractivity contribution < 1.29 is 14.6 Å². The van der Waals surface area contributed by atoms with Crippen LogP contribution in [-0.4, -0.2) is 72.3 Å². The number of rotatable bonds is 6. The minimum absolute atomic E-state index is 0.0649. The molecule has 0 atom stereocenters. The Hall–Kier alpha value is -4.11. The van der Waals surface area contributed by atoms with Crippen molar-refractivity contribution in [2.24, 2.45) is 0 Å². The lowest BCUT2D eigenvalue weighted by Gasteiger charge is -2.35. The molecule has 0 unspecified atom stereocenters. The molecule has 5 rings (SSSR count). The van der Waals surface area contributed by atoms with Gasteiger partial charge in [-0.1, -0.05) is 0 Å². The maximum Gasteiger partial charge on any atom is 0.325 e. The highest BCUT2D eigenvalue weighted by atomic mass is 16.5. The zero-order valence-corrected chi connectivity index (χ0v) is 21.0. The predicted octanol–water partition coefficient (Wildman–Crippen LogP) is 4.36. The van der Waals surface area contributed by atoms with Crippen LogP contribution < -0.4 is 19.3 Å². The summed E-state index contributed by atoms with van der Waals surface area (Å²) in [4.78, 5) is 19.4. The molecule has 1 saturated heterocycles. The average Bonchev–Trinajstić information content (AvgIpc) is 2.88. The van der Waals surface area contributed by atoms with Crippen molar-refractivity contribution >= 4 is 28.0 Å². The van der Waals surface area contributed by atoms with Crippen LogP contribution in [0.5, 0.6) is 23.4 Å². The first-order valence-electron chi connectivity index (χ1n) is 11.9. The molecular weight excluding hydrogens is 456 g/mol. The molecule has 1 aliphatic rings. The number of hydrogen-bond donors (Lipinski definition) is 1. The van der Waals surface area contributed by atoms with E-state index in [-0.39, 0.29) is 11.9 Å².